The number of benzene rings is 2. The maximum atomic E-state index is 13.7. The third-order valence-corrected chi connectivity index (χ3v) is 7.41. The van der Waals surface area contributed by atoms with E-state index < -0.39 is 9.84 Å². The second-order valence-electron chi connectivity index (χ2n) is 6.99. The number of nitrogens with zero attached hydrogens (tertiary/aromatic N) is 5. The van der Waals surface area contributed by atoms with Gasteiger partial charge in [0.25, 0.3) is 0 Å². The molecular weight excluding hydrogens is 483 g/mol. The molecule has 0 aliphatic rings. The fraction of sp³-hybridized carbons (Fsp3) is 0. The van der Waals surface area contributed by atoms with Crippen molar-refractivity contribution in [1.29, 1.82) is 0 Å². The second-order valence-corrected chi connectivity index (χ2v) is 9.69. The molecule has 0 unspecified atom stereocenters. The molecule has 0 aliphatic heterocycles. The summed E-state index contributed by atoms with van der Waals surface area (Å²) < 4.78 is 28.6. The summed E-state index contributed by atoms with van der Waals surface area (Å²) in [7, 11) is -4.23. The van der Waals surface area contributed by atoms with E-state index in [1.54, 1.807) is 48.7 Å². The van der Waals surface area contributed by atoms with Crippen LogP contribution < -0.4 is 5.73 Å². The van der Waals surface area contributed by atoms with Crippen molar-refractivity contribution in [2.24, 2.45) is 5.10 Å². The topological polar surface area (TPSA) is 116 Å². The molecule has 164 valence electrons. The van der Waals surface area contributed by atoms with Crippen LogP contribution in [0.1, 0.15) is 5.69 Å². The van der Waals surface area contributed by atoms with Gasteiger partial charge in [0, 0.05) is 11.2 Å². The zero-order valence-corrected chi connectivity index (χ0v) is 19.1. The molecule has 5 rings (SSSR count). The molecule has 0 fully saturated rings. The molecule has 0 atom stereocenters. The third-order valence-electron chi connectivity index (χ3n) is 4.87. The predicted molar refractivity (Wildman–Crippen MR) is 129 cm³/mol. The Morgan fingerprint density at radius 3 is 2.42 bits per heavy atom. The molecule has 11 heteroatoms. The molecule has 5 aromatic rings. The molecule has 33 heavy (non-hydrogen) atoms. The van der Waals surface area contributed by atoms with Gasteiger partial charge in [0.1, 0.15) is 16.2 Å². The lowest BCUT2D eigenvalue weighted by Gasteiger charge is -2.07. The van der Waals surface area contributed by atoms with Gasteiger partial charge in [0.15, 0.2) is 5.65 Å². The summed E-state index contributed by atoms with van der Waals surface area (Å²) in [5.41, 5.74) is 8.21. The number of pyridine rings is 1. The number of anilines is 1. The molecule has 3 heterocycles. The standard InChI is InChI=1S/C22H14Cl2N6O2S/c23-13-8-9-15(24)18(11-13)33(31,32)20-19-22(29-17-7-2-1-6-16(17)28-19)30(21(20)25)27-12-14-5-3-4-10-26-14/h1-12H,25H2/b27-12+. The molecule has 8 nitrogen and oxygen atoms in total. The van der Waals surface area contributed by atoms with Gasteiger partial charge in [-0.05, 0) is 42.5 Å². The predicted octanol–water partition coefficient (Wildman–Crippen LogP) is 4.58. The molecule has 0 saturated heterocycles. The monoisotopic (exact) mass is 496 g/mol. The van der Waals surface area contributed by atoms with Crippen LogP contribution >= 0.6 is 23.2 Å². The summed E-state index contributed by atoms with van der Waals surface area (Å²) in [4.78, 5) is 12.9. The van der Waals surface area contributed by atoms with Gasteiger partial charge in [0.2, 0.25) is 9.84 Å². The Bertz CT molecular complexity index is 1670. The Hall–Kier alpha value is -3.53. The number of para-hydroxylation sites is 2. The lowest BCUT2D eigenvalue weighted by atomic mass is 10.3. The van der Waals surface area contributed by atoms with E-state index in [-0.39, 0.29) is 36.8 Å². The molecule has 0 bridgehead atoms. The van der Waals surface area contributed by atoms with E-state index >= 15 is 0 Å². The number of rotatable bonds is 4. The minimum Gasteiger partial charge on any atom is -0.382 e. The van der Waals surface area contributed by atoms with Crippen molar-refractivity contribution in [1.82, 2.24) is 19.6 Å². The average Bonchev–Trinajstić information content (AvgIpc) is 3.09. The molecule has 3 aromatic heterocycles. The Labute approximate surface area is 198 Å². The second kappa shape index (κ2) is 8.11. The largest absolute Gasteiger partial charge is 0.382 e. The van der Waals surface area contributed by atoms with E-state index in [1.165, 1.54) is 29.1 Å². The van der Waals surface area contributed by atoms with E-state index in [0.717, 1.165) is 0 Å². The third kappa shape index (κ3) is 3.70. The number of nitrogen functional groups attached to an aromatic ring is 1. The summed E-state index contributed by atoms with van der Waals surface area (Å²) in [6, 6.07) is 16.6. The average molecular weight is 497 g/mol. The molecule has 0 aliphatic carbocycles. The Morgan fingerprint density at radius 1 is 0.970 bits per heavy atom. The summed E-state index contributed by atoms with van der Waals surface area (Å²) >= 11 is 12.3. The highest BCUT2D eigenvalue weighted by atomic mass is 35.5. The van der Waals surface area contributed by atoms with Gasteiger partial charge < -0.3 is 5.73 Å². The molecule has 0 radical (unpaired) electrons. The molecule has 2 aromatic carbocycles. The van der Waals surface area contributed by atoms with Crippen LogP contribution in [0.25, 0.3) is 22.2 Å². The number of hydrogen-bond acceptors (Lipinski definition) is 7. The van der Waals surface area contributed by atoms with Crippen LogP contribution in [0.4, 0.5) is 5.82 Å². The summed E-state index contributed by atoms with van der Waals surface area (Å²) in [6.45, 7) is 0. The summed E-state index contributed by atoms with van der Waals surface area (Å²) in [5.74, 6) is -0.163. The van der Waals surface area contributed by atoms with E-state index in [1.807, 2.05) is 0 Å². The van der Waals surface area contributed by atoms with Gasteiger partial charge in [0.05, 0.1) is 32.9 Å². The van der Waals surface area contributed by atoms with Crippen molar-refractivity contribution in [2.75, 3.05) is 5.73 Å². The van der Waals surface area contributed by atoms with Gasteiger partial charge in [-0.2, -0.15) is 9.78 Å². The van der Waals surface area contributed by atoms with Crippen molar-refractivity contribution in [3.63, 3.8) is 0 Å². The number of halogens is 2. The fourth-order valence-corrected chi connectivity index (χ4v) is 5.61. The summed E-state index contributed by atoms with van der Waals surface area (Å²) in [5, 5.41) is 4.57. The molecule has 0 amide bonds. The van der Waals surface area contributed by atoms with Crippen molar-refractivity contribution >= 4 is 67.3 Å². The first-order valence-corrected chi connectivity index (χ1v) is 11.8. The quantitative estimate of drug-likeness (QED) is 0.364. The van der Waals surface area contributed by atoms with E-state index in [4.69, 9.17) is 28.9 Å². The van der Waals surface area contributed by atoms with Crippen molar-refractivity contribution in [2.45, 2.75) is 9.79 Å². The van der Waals surface area contributed by atoms with Gasteiger partial charge in [-0.15, -0.1) is 0 Å². The van der Waals surface area contributed by atoms with E-state index in [2.05, 4.69) is 20.1 Å². The number of nitrogens with two attached hydrogens (primary N) is 1. The first kappa shape index (κ1) is 21.3. The Balaban J connectivity index is 1.83. The van der Waals surface area contributed by atoms with E-state index in [0.29, 0.717) is 16.7 Å². The molecule has 0 saturated carbocycles. The van der Waals surface area contributed by atoms with Crippen LogP contribution in [0.3, 0.4) is 0 Å². The van der Waals surface area contributed by atoms with Crippen molar-refractivity contribution in [3.8, 4) is 0 Å². The zero-order valence-electron chi connectivity index (χ0n) is 16.7. The van der Waals surface area contributed by atoms with Crippen LogP contribution in [-0.2, 0) is 9.84 Å². The van der Waals surface area contributed by atoms with Crippen LogP contribution in [-0.4, -0.2) is 34.3 Å². The minimum atomic E-state index is -4.23. The molecular formula is C22H14Cl2N6O2S. The van der Waals surface area contributed by atoms with Crippen molar-refractivity contribution in [3.05, 3.63) is 82.6 Å². The van der Waals surface area contributed by atoms with Gasteiger partial charge in [-0.1, -0.05) is 41.4 Å². The van der Waals surface area contributed by atoms with Gasteiger partial charge in [-0.25, -0.2) is 18.4 Å². The lowest BCUT2D eigenvalue weighted by Crippen LogP contribution is -2.07. The summed E-state index contributed by atoms with van der Waals surface area (Å²) in [6.07, 6.45) is 3.07. The first-order chi connectivity index (χ1) is 15.9. The highest BCUT2D eigenvalue weighted by Crippen LogP contribution is 2.38. The molecule has 2 N–H and O–H groups in total. The van der Waals surface area contributed by atoms with Crippen molar-refractivity contribution < 1.29 is 8.42 Å². The van der Waals surface area contributed by atoms with Gasteiger partial charge >= 0.3 is 0 Å². The molecule has 0 spiro atoms. The van der Waals surface area contributed by atoms with Crippen LogP contribution in [0.5, 0.6) is 0 Å². The minimum absolute atomic E-state index is 0.00503. The SMILES string of the molecule is Nc1c(S(=O)(=O)c2cc(Cl)ccc2Cl)c2nc3ccccc3nc2n1/N=C/c1ccccn1. The maximum absolute atomic E-state index is 13.7. The first-order valence-electron chi connectivity index (χ1n) is 9.58. The van der Waals surface area contributed by atoms with E-state index in [9.17, 15) is 8.42 Å². The van der Waals surface area contributed by atoms with Crippen LogP contribution in [0.2, 0.25) is 10.0 Å². The lowest BCUT2D eigenvalue weighted by molar-refractivity contribution is 0.597. The number of aromatic nitrogens is 4. The number of hydrogen-bond donors (Lipinski definition) is 1. The zero-order chi connectivity index (χ0) is 23.2. The normalized spacial score (nSPS) is 12.2. The fourth-order valence-electron chi connectivity index (χ4n) is 3.37. The van der Waals surface area contributed by atoms with Gasteiger partial charge in [-0.3, -0.25) is 4.98 Å². The highest BCUT2D eigenvalue weighted by Gasteiger charge is 2.32. The Kier molecular flexibility index (Phi) is 5.24. The number of sulfone groups is 1. The highest BCUT2D eigenvalue weighted by molar-refractivity contribution is 7.92. The van der Waals surface area contributed by atoms with Crippen LogP contribution in [0.15, 0.2) is 81.8 Å². The number of fused-ring (bicyclic) bond motifs is 2. The van der Waals surface area contributed by atoms with Crippen LogP contribution in [0, 0.1) is 0 Å². The Morgan fingerprint density at radius 2 is 1.70 bits per heavy atom. The maximum Gasteiger partial charge on any atom is 0.214 e. The smallest absolute Gasteiger partial charge is 0.214 e.